The monoisotopic (exact) mass is 292 g/mol. The molecule has 1 aliphatic heterocycles. The Hall–Kier alpha value is -2.02. The Labute approximate surface area is 123 Å². The number of carbonyl (C=O) groups is 1. The Morgan fingerprint density at radius 2 is 2.38 bits per heavy atom. The number of nitrogens with zero attached hydrogens (tertiary/aromatic N) is 2. The van der Waals surface area contributed by atoms with Crippen LogP contribution in [-0.4, -0.2) is 49.5 Å². The lowest BCUT2D eigenvalue weighted by Crippen LogP contribution is -2.45. The molecule has 1 amide bonds. The van der Waals surface area contributed by atoms with Crippen LogP contribution in [0.4, 0.5) is 16.3 Å². The van der Waals surface area contributed by atoms with Crippen LogP contribution < -0.4 is 16.0 Å². The van der Waals surface area contributed by atoms with Gasteiger partial charge in [0.1, 0.15) is 18.5 Å². The van der Waals surface area contributed by atoms with E-state index in [4.69, 9.17) is 15.2 Å². The van der Waals surface area contributed by atoms with Gasteiger partial charge in [-0.25, -0.2) is 9.78 Å². The number of anilines is 2. The molecule has 0 radical (unpaired) electrons. The molecule has 114 valence electrons. The molecule has 1 aromatic rings. The summed E-state index contributed by atoms with van der Waals surface area (Å²) >= 11 is 0. The van der Waals surface area contributed by atoms with Gasteiger partial charge in [0, 0.05) is 19.1 Å². The number of hydrogen-bond acceptors (Lipinski definition) is 6. The summed E-state index contributed by atoms with van der Waals surface area (Å²) < 4.78 is 10.8. The van der Waals surface area contributed by atoms with E-state index in [1.165, 1.54) is 0 Å². The first-order valence-electron chi connectivity index (χ1n) is 7.22. The first kappa shape index (κ1) is 13.9. The molecule has 3 N–H and O–H groups in total. The molecular formula is C14H20N4O3. The maximum absolute atomic E-state index is 11.5. The summed E-state index contributed by atoms with van der Waals surface area (Å²) in [5, 5.41) is 2.79. The zero-order valence-electron chi connectivity index (χ0n) is 11.8. The lowest BCUT2D eigenvalue weighted by atomic mass is 10.2. The molecular weight excluding hydrogens is 272 g/mol. The molecule has 0 aromatic carbocycles. The molecule has 0 unspecified atom stereocenters. The minimum Gasteiger partial charge on any atom is -0.447 e. The average molecular weight is 292 g/mol. The van der Waals surface area contributed by atoms with Gasteiger partial charge in [0.05, 0.1) is 18.5 Å². The number of aromatic nitrogens is 1. The van der Waals surface area contributed by atoms with Gasteiger partial charge in [0.25, 0.3) is 0 Å². The third-order valence-electron chi connectivity index (χ3n) is 3.57. The van der Waals surface area contributed by atoms with Crippen LogP contribution in [0.15, 0.2) is 18.3 Å². The van der Waals surface area contributed by atoms with E-state index in [2.05, 4.69) is 15.2 Å². The van der Waals surface area contributed by atoms with Gasteiger partial charge in [-0.1, -0.05) is 0 Å². The largest absolute Gasteiger partial charge is 0.447 e. The molecule has 1 aliphatic carbocycles. The number of hydrogen-bond donors (Lipinski definition) is 2. The number of nitrogens with one attached hydrogen (secondary N) is 1. The summed E-state index contributed by atoms with van der Waals surface area (Å²) in [5.41, 5.74) is 6.59. The second-order valence-electron chi connectivity index (χ2n) is 5.40. The number of nitrogen functional groups attached to an aromatic ring is 1. The van der Waals surface area contributed by atoms with E-state index < -0.39 is 0 Å². The van der Waals surface area contributed by atoms with Crippen molar-refractivity contribution in [3.63, 3.8) is 0 Å². The molecule has 1 aromatic heterocycles. The predicted octanol–water partition coefficient (Wildman–Crippen LogP) is 0.758. The maximum atomic E-state index is 11.5. The standard InChI is InChI=1S/C14H20N4O3/c15-13-4-3-11(7-16-13)18-5-6-20-12(8-18)9-21-14(19)17-10-1-2-10/h3-4,7,10,12H,1-2,5-6,8-9H2,(H2,15,16)(H,17,19)/t12-/m0/s1. The van der Waals surface area contributed by atoms with Gasteiger partial charge in [0.15, 0.2) is 0 Å². The van der Waals surface area contributed by atoms with Gasteiger partial charge in [-0.15, -0.1) is 0 Å². The van der Waals surface area contributed by atoms with Gasteiger partial charge in [-0.05, 0) is 25.0 Å². The number of morpholine rings is 1. The van der Waals surface area contributed by atoms with Crippen LogP contribution in [0.3, 0.4) is 0 Å². The number of nitrogens with two attached hydrogens (primary N) is 1. The summed E-state index contributed by atoms with van der Waals surface area (Å²) in [5.74, 6) is 0.503. The molecule has 1 atom stereocenters. The lowest BCUT2D eigenvalue weighted by molar-refractivity contribution is -0.00336. The van der Waals surface area contributed by atoms with Gasteiger partial charge in [0.2, 0.25) is 0 Å². The molecule has 2 fully saturated rings. The summed E-state index contributed by atoms with van der Waals surface area (Å²) in [6, 6.07) is 4.02. The highest BCUT2D eigenvalue weighted by Gasteiger charge is 2.26. The molecule has 0 spiro atoms. The van der Waals surface area contributed by atoms with E-state index >= 15 is 0 Å². The van der Waals surface area contributed by atoms with Crippen LogP contribution in [0.1, 0.15) is 12.8 Å². The fraction of sp³-hybridized carbons (Fsp3) is 0.571. The van der Waals surface area contributed by atoms with Crippen molar-refractivity contribution < 1.29 is 14.3 Å². The van der Waals surface area contributed by atoms with Crippen molar-refractivity contribution in [1.29, 1.82) is 0 Å². The predicted molar refractivity (Wildman–Crippen MR) is 78.1 cm³/mol. The number of rotatable bonds is 4. The average Bonchev–Trinajstić information content (AvgIpc) is 3.30. The number of amides is 1. The van der Waals surface area contributed by atoms with Gasteiger partial charge in [-0.2, -0.15) is 0 Å². The zero-order chi connectivity index (χ0) is 14.7. The van der Waals surface area contributed by atoms with Crippen molar-refractivity contribution >= 4 is 17.6 Å². The Morgan fingerprint density at radius 1 is 1.52 bits per heavy atom. The molecule has 1 saturated carbocycles. The van der Waals surface area contributed by atoms with Crippen molar-refractivity contribution in [3.8, 4) is 0 Å². The highest BCUT2D eigenvalue weighted by atomic mass is 16.6. The van der Waals surface area contributed by atoms with Gasteiger partial charge >= 0.3 is 6.09 Å². The number of carbonyl (C=O) groups excluding carboxylic acids is 1. The molecule has 1 saturated heterocycles. The molecule has 7 heteroatoms. The van der Waals surface area contributed by atoms with Crippen molar-refractivity contribution in [2.75, 3.05) is 36.9 Å². The summed E-state index contributed by atoms with van der Waals surface area (Å²) in [7, 11) is 0. The van der Waals surface area contributed by atoms with E-state index in [1.54, 1.807) is 12.3 Å². The lowest BCUT2D eigenvalue weighted by Gasteiger charge is -2.34. The molecule has 3 rings (SSSR count). The topological polar surface area (TPSA) is 89.7 Å². The van der Waals surface area contributed by atoms with Crippen LogP contribution in [0, 0.1) is 0 Å². The first-order chi connectivity index (χ1) is 10.2. The normalized spacial score (nSPS) is 21.9. The molecule has 0 bridgehead atoms. The van der Waals surface area contributed by atoms with Crippen LogP contribution >= 0.6 is 0 Å². The highest BCUT2D eigenvalue weighted by Crippen LogP contribution is 2.19. The SMILES string of the molecule is Nc1ccc(N2CCO[C@H](COC(=O)NC3CC3)C2)cn1. The summed E-state index contributed by atoms with van der Waals surface area (Å²) in [6.45, 7) is 2.32. The van der Waals surface area contributed by atoms with E-state index in [0.29, 0.717) is 25.0 Å². The molecule has 21 heavy (non-hydrogen) atoms. The fourth-order valence-corrected chi connectivity index (χ4v) is 2.24. The van der Waals surface area contributed by atoms with E-state index in [0.717, 1.165) is 25.1 Å². The quantitative estimate of drug-likeness (QED) is 0.851. The molecule has 2 heterocycles. The van der Waals surface area contributed by atoms with Crippen LogP contribution in [0.25, 0.3) is 0 Å². The Balaban J connectivity index is 1.48. The Morgan fingerprint density at radius 3 is 3.10 bits per heavy atom. The zero-order valence-corrected chi connectivity index (χ0v) is 11.8. The minimum absolute atomic E-state index is 0.124. The smallest absolute Gasteiger partial charge is 0.407 e. The highest BCUT2D eigenvalue weighted by molar-refractivity contribution is 5.68. The Bertz CT molecular complexity index is 489. The van der Waals surface area contributed by atoms with E-state index in [-0.39, 0.29) is 18.8 Å². The second kappa shape index (κ2) is 6.17. The second-order valence-corrected chi connectivity index (χ2v) is 5.40. The Kier molecular flexibility index (Phi) is 4.10. The van der Waals surface area contributed by atoms with Crippen LogP contribution in [0.2, 0.25) is 0 Å². The van der Waals surface area contributed by atoms with Crippen molar-refractivity contribution in [2.24, 2.45) is 0 Å². The molecule has 2 aliphatic rings. The third-order valence-corrected chi connectivity index (χ3v) is 3.57. The fourth-order valence-electron chi connectivity index (χ4n) is 2.24. The first-order valence-corrected chi connectivity index (χ1v) is 7.22. The number of ether oxygens (including phenoxy) is 2. The van der Waals surface area contributed by atoms with E-state index in [1.807, 2.05) is 6.07 Å². The van der Waals surface area contributed by atoms with Crippen molar-refractivity contribution in [2.45, 2.75) is 25.0 Å². The maximum Gasteiger partial charge on any atom is 0.407 e. The van der Waals surface area contributed by atoms with Crippen molar-refractivity contribution in [3.05, 3.63) is 18.3 Å². The summed E-state index contributed by atoms with van der Waals surface area (Å²) in [6.07, 6.45) is 3.37. The summed E-state index contributed by atoms with van der Waals surface area (Å²) in [4.78, 5) is 17.7. The third kappa shape index (κ3) is 3.98. The van der Waals surface area contributed by atoms with Gasteiger partial charge < -0.3 is 25.4 Å². The minimum atomic E-state index is -0.354. The van der Waals surface area contributed by atoms with Gasteiger partial charge in [-0.3, -0.25) is 0 Å². The molecule has 7 nitrogen and oxygen atoms in total. The van der Waals surface area contributed by atoms with Crippen molar-refractivity contribution in [1.82, 2.24) is 10.3 Å². The number of alkyl carbamates (subject to hydrolysis) is 1. The number of pyridine rings is 1. The van der Waals surface area contributed by atoms with E-state index in [9.17, 15) is 4.79 Å². The van der Waals surface area contributed by atoms with Crippen LogP contribution in [-0.2, 0) is 9.47 Å². The van der Waals surface area contributed by atoms with Crippen LogP contribution in [0.5, 0.6) is 0 Å².